The van der Waals surface area contributed by atoms with E-state index in [2.05, 4.69) is 5.32 Å². The topological polar surface area (TPSA) is 81.1 Å². The lowest BCUT2D eigenvalue weighted by Crippen LogP contribution is -2.25. The van der Waals surface area contributed by atoms with Gasteiger partial charge in [-0.1, -0.05) is 12.1 Å². The van der Waals surface area contributed by atoms with Crippen molar-refractivity contribution in [1.29, 1.82) is 0 Å². The fraction of sp³-hybridized carbons (Fsp3) is 0.308. The number of nitrogens with one attached hydrogen (secondary N) is 1. The third kappa shape index (κ3) is 2.47. The SMILES string of the molecule is Cc1ccc2c(N)c(C(=O)NCCCN)sc2c1. The van der Waals surface area contributed by atoms with Gasteiger partial charge in [-0.3, -0.25) is 4.79 Å². The molecular formula is C13H17N3OS. The Balaban J connectivity index is 2.28. The number of nitrogens with two attached hydrogens (primary N) is 2. The van der Waals surface area contributed by atoms with Crippen LogP contribution in [-0.4, -0.2) is 19.0 Å². The minimum Gasteiger partial charge on any atom is -0.397 e. The van der Waals surface area contributed by atoms with Crippen molar-refractivity contribution in [2.75, 3.05) is 18.8 Å². The van der Waals surface area contributed by atoms with E-state index in [-0.39, 0.29) is 5.91 Å². The molecule has 2 aromatic rings. The Kier molecular flexibility index (Phi) is 3.84. The number of hydrogen-bond acceptors (Lipinski definition) is 4. The lowest BCUT2D eigenvalue weighted by molar-refractivity contribution is 0.0958. The molecule has 5 heteroatoms. The Morgan fingerprint density at radius 1 is 1.44 bits per heavy atom. The van der Waals surface area contributed by atoms with Crippen LogP contribution < -0.4 is 16.8 Å². The van der Waals surface area contributed by atoms with Crippen LogP contribution in [0.1, 0.15) is 21.7 Å². The predicted octanol–water partition coefficient (Wildman–Crippen LogP) is 1.87. The van der Waals surface area contributed by atoms with Gasteiger partial charge in [0.2, 0.25) is 0 Å². The van der Waals surface area contributed by atoms with Gasteiger partial charge in [0.25, 0.3) is 5.91 Å². The van der Waals surface area contributed by atoms with Crippen molar-refractivity contribution in [3.8, 4) is 0 Å². The minimum atomic E-state index is -0.111. The summed E-state index contributed by atoms with van der Waals surface area (Å²) >= 11 is 1.44. The molecular weight excluding hydrogens is 246 g/mol. The van der Waals surface area contributed by atoms with Gasteiger partial charge in [-0.25, -0.2) is 0 Å². The van der Waals surface area contributed by atoms with Crippen LogP contribution in [-0.2, 0) is 0 Å². The van der Waals surface area contributed by atoms with E-state index in [0.29, 0.717) is 23.7 Å². The molecule has 5 N–H and O–H groups in total. The highest BCUT2D eigenvalue weighted by atomic mass is 32.1. The molecule has 0 radical (unpaired) electrons. The predicted molar refractivity (Wildman–Crippen MR) is 77.0 cm³/mol. The van der Waals surface area contributed by atoms with E-state index >= 15 is 0 Å². The third-order valence-corrected chi connectivity index (χ3v) is 3.92. The largest absolute Gasteiger partial charge is 0.397 e. The zero-order valence-corrected chi connectivity index (χ0v) is 11.1. The van der Waals surface area contributed by atoms with Crippen LogP contribution in [0.3, 0.4) is 0 Å². The highest BCUT2D eigenvalue weighted by Gasteiger charge is 2.15. The molecule has 0 saturated carbocycles. The summed E-state index contributed by atoms with van der Waals surface area (Å²) in [6, 6.07) is 6.02. The first-order valence-corrected chi connectivity index (χ1v) is 6.72. The van der Waals surface area contributed by atoms with Crippen LogP contribution in [0.25, 0.3) is 10.1 Å². The fourth-order valence-electron chi connectivity index (χ4n) is 1.78. The first kappa shape index (κ1) is 12.9. The minimum absolute atomic E-state index is 0.111. The van der Waals surface area contributed by atoms with Crippen LogP contribution in [0.5, 0.6) is 0 Å². The quantitative estimate of drug-likeness (QED) is 0.737. The molecule has 1 aromatic carbocycles. The molecule has 96 valence electrons. The summed E-state index contributed by atoms with van der Waals surface area (Å²) in [7, 11) is 0. The van der Waals surface area contributed by atoms with Crippen molar-refractivity contribution >= 4 is 33.0 Å². The summed E-state index contributed by atoms with van der Waals surface area (Å²) in [5, 5.41) is 3.78. The summed E-state index contributed by atoms with van der Waals surface area (Å²) in [4.78, 5) is 12.6. The molecule has 1 aromatic heterocycles. The summed E-state index contributed by atoms with van der Waals surface area (Å²) < 4.78 is 1.05. The first-order valence-electron chi connectivity index (χ1n) is 5.90. The van der Waals surface area contributed by atoms with Crippen molar-refractivity contribution in [2.45, 2.75) is 13.3 Å². The maximum absolute atomic E-state index is 12.0. The number of benzene rings is 1. The van der Waals surface area contributed by atoms with E-state index in [0.717, 1.165) is 16.5 Å². The van der Waals surface area contributed by atoms with Gasteiger partial charge >= 0.3 is 0 Å². The Morgan fingerprint density at radius 2 is 2.22 bits per heavy atom. The number of rotatable bonds is 4. The molecule has 0 aliphatic rings. The second kappa shape index (κ2) is 5.37. The van der Waals surface area contributed by atoms with Crippen LogP contribution >= 0.6 is 11.3 Å². The zero-order valence-electron chi connectivity index (χ0n) is 10.3. The average Bonchev–Trinajstić information content (AvgIpc) is 2.66. The molecule has 0 bridgehead atoms. The van der Waals surface area contributed by atoms with E-state index < -0.39 is 0 Å². The first-order chi connectivity index (χ1) is 8.63. The van der Waals surface area contributed by atoms with Crippen LogP contribution in [0.4, 0.5) is 5.69 Å². The van der Waals surface area contributed by atoms with Crippen molar-refractivity contribution in [3.63, 3.8) is 0 Å². The number of aryl methyl sites for hydroxylation is 1. The van der Waals surface area contributed by atoms with Gasteiger partial charge in [-0.15, -0.1) is 11.3 Å². The van der Waals surface area contributed by atoms with Crippen molar-refractivity contribution < 1.29 is 4.79 Å². The van der Waals surface area contributed by atoms with Crippen molar-refractivity contribution in [3.05, 3.63) is 28.6 Å². The van der Waals surface area contributed by atoms with Gasteiger partial charge < -0.3 is 16.8 Å². The number of amides is 1. The number of nitrogen functional groups attached to an aromatic ring is 1. The van der Waals surface area contributed by atoms with E-state index in [4.69, 9.17) is 11.5 Å². The molecule has 0 saturated heterocycles. The molecule has 0 fully saturated rings. The Bertz CT molecular complexity index is 577. The smallest absolute Gasteiger partial charge is 0.263 e. The molecule has 18 heavy (non-hydrogen) atoms. The molecule has 4 nitrogen and oxygen atoms in total. The van der Waals surface area contributed by atoms with Crippen LogP contribution in [0.2, 0.25) is 0 Å². The van der Waals surface area contributed by atoms with Gasteiger partial charge in [-0.2, -0.15) is 0 Å². The van der Waals surface area contributed by atoms with Crippen molar-refractivity contribution in [1.82, 2.24) is 5.32 Å². The lowest BCUT2D eigenvalue weighted by Gasteiger charge is -2.02. The maximum Gasteiger partial charge on any atom is 0.263 e. The molecule has 0 spiro atoms. The number of carbonyl (C=O) groups is 1. The van der Waals surface area contributed by atoms with Crippen LogP contribution in [0.15, 0.2) is 18.2 Å². The number of fused-ring (bicyclic) bond motifs is 1. The molecule has 1 amide bonds. The summed E-state index contributed by atoms with van der Waals surface area (Å²) in [5.74, 6) is -0.111. The highest BCUT2D eigenvalue weighted by molar-refractivity contribution is 7.21. The molecule has 2 rings (SSSR count). The molecule has 0 aliphatic heterocycles. The summed E-state index contributed by atoms with van der Waals surface area (Å²) in [6.45, 7) is 3.18. The molecule has 0 unspecified atom stereocenters. The standard InChI is InChI=1S/C13H17N3OS/c1-8-3-4-9-10(7-8)18-12(11(9)15)13(17)16-6-2-5-14/h3-4,7H,2,5-6,14-15H2,1H3,(H,16,17). The van der Waals surface area contributed by atoms with Gasteiger partial charge in [0.1, 0.15) is 4.88 Å². The monoisotopic (exact) mass is 263 g/mol. The zero-order chi connectivity index (χ0) is 13.1. The fourth-order valence-corrected chi connectivity index (χ4v) is 2.91. The normalized spacial score (nSPS) is 10.8. The van der Waals surface area contributed by atoms with E-state index in [9.17, 15) is 4.79 Å². The average molecular weight is 263 g/mol. The summed E-state index contributed by atoms with van der Waals surface area (Å²) in [6.07, 6.45) is 0.773. The number of hydrogen-bond donors (Lipinski definition) is 3. The Morgan fingerprint density at radius 3 is 2.94 bits per heavy atom. The number of anilines is 1. The second-order valence-electron chi connectivity index (χ2n) is 4.24. The van der Waals surface area contributed by atoms with E-state index in [1.807, 2.05) is 25.1 Å². The molecule has 0 atom stereocenters. The molecule has 1 heterocycles. The second-order valence-corrected chi connectivity index (χ2v) is 5.29. The van der Waals surface area contributed by atoms with Crippen LogP contribution in [0, 0.1) is 6.92 Å². The number of thiophene rings is 1. The van der Waals surface area contributed by atoms with E-state index in [1.165, 1.54) is 16.9 Å². The van der Waals surface area contributed by atoms with Gasteiger partial charge in [0.15, 0.2) is 0 Å². The van der Waals surface area contributed by atoms with Gasteiger partial charge in [0, 0.05) is 16.6 Å². The summed E-state index contributed by atoms with van der Waals surface area (Å²) in [5.41, 5.74) is 13.1. The third-order valence-electron chi connectivity index (χ3n) is 2.76. The van der Waals surface area contributed by atoms with Gasteiger partial charge in [-0.05, 0) is 31.5 Å². The Labute approximate surface area is 110 Å². The number of carbonyl (C=O) groups excluding carboxylic acids is 1. The Hall–Kier alpha value is -1.59. The molecule has 0 aliphatic carbocycles. The van der Waals surface area contributed by atoms with Gasteiger partial charge in [0.05, 0.1) is 5.69 Å². The maximum atomic E-state index is 12.0. The lowest BCUT2D eigenvalue weighted by atomic mass is 10.1. The highest BCUT2D eigenvalue weighted by Crippen LogP contribution is 2.33. The van der Waals surface area contributed by atoms with Crippen molar-refractivity contribution in [2.24, 2.45) is 5.73 Å². The van der Waals surface area contributed by atoms with E-state index in [1.54, 1.807) is 0 Å².